The molecule has 0 aliphatic heterocycles. The van der Waals surface area contributed by atoms with Crippen LogP contribution < -0.4 is 4.18 Å². The first-order valence-corrected chi connectivity index (χ1v) is 11.0. The first-order chi connectivity index (χ1) is 12.9. The van der Waals surface area contributed by atoms with E-state index in [-0.39, 0.29) is 11.7 Å². The van der Waals surface area contributed by atoms with Crippen LogP contribution in [-0.4, -0.2) is 25.5 Å². The third-order valence-electron chi connectivity index (χ3n) is 4.04. The van der Waals surface area contributed by atoms with Gasteiger partial charge in [-0.05, 0) is 36.2 Å². The van der Waals surface area contributed by atoms with Crippen molar-refractivity contribution in [2.45, 2.75) is 52.1 Å². The number of carbonyl (C=O) groups is 1. The smallest absolute Gasteiger partial charge is 0.306 e. The van der Waals surface area contributed by atoms with Gasteiger partial charge in [-0.25, -0.2) is 0 Å². The molecule has 6 nitrogen and oxygen atoms in total. The minimum absolute atomic E-state index is 0.0527. The summed E-state index contributed by atoms with van der Waals surface area (Å²) < 4.78 is 33.0. The maximum absolute atomic E-state index is 12.7. The van der Waals surface area contributed by atoms with Crippen molar-refractivity contribution in [2.75, 3.05) is 6.26 Å². The Kier molecular flexibility index (Phi) is 7.91. The van der Waals surface area contributed by atoms with Crippen molar-refractivity contribution >= 4 is 16.0 Å². The Hall–Kier alpha value is -2.28. The number of rotatable bonds is 11. The van der Waals surface area contributed by atoms with E-state index < -0.39 is 10.1 Å². The van der Waals surface area contributed by atoms with Crippen LogP contribution in [0.3, 0.4) is 0 Å². The number of carbonyl (C=O) groups excluding carboxylic acids is 1. The van der Waals surface area contributed by atoms with Gasteiger partial charge in [0.25, 0.3) is 0 Å². The highest BCUT2D eigenvalue weighted by Crippen LogP contribution is 2.19. The Labute approximate surface area is 161 Å². The minimum Gasteiger partial charge on any atom is -0.467 e. The lowest BCUT2D eigenvalue weighted by Gasteiger charge is -2.22. The van der Waals surface area contributed by atoms with E-state index in [1.165, 1.54) is 0 Å². The van der Waals surface area contributed by atoms with Crippen LogP contribution in [0.2, 0.25) is 0 Å². The molecule has 1 aromatic carbocycles. The lowest BCUT2D eigenvalue weighted by Crippen LogP contribution is -2.29. The molecule has 1 aromatic heterocycles. The molecule has 1 amide bonds. The van der Waals surface area contributed by atoms with Crippen molar-refractivity contribution in [1.29, 1.82) is 0 Å². The Morgan fingerprint density at radius 1 is 1.11 bits per heavy atom. The van der Waals surface area contributed by atoms with E-state index in [2.05, 4.69) is 6.92 Å². The Balaban J connectivity index is 2.08. The van der Waals surface area contributed by atoms with E-state index in [4.69, 9.17) is 8.60 Å². The summed E-state index contributed by atoms with van der Waals surface area (Å²) in [4.78, 5) is 14.4. The summed E-state index contributed by atoms with van der Waals surface area (Å²) in [6, 6.07) is 10.4. The van der Waals surface area contributed by atoms with Crippen LogP contribution in [0.4, 0.5) is 0 Å². The van der Waals surface area contributed by atoms with Gasteiger partial charge in [-0.1, -0.05) is 38.3 Å². The maximum atomic E-state index is 12.7. The number of nitrogens with zero attached hydrogens (tertiary/aromatic N) is 1. The van der Waals surface area contributed by atoms with Gasteiger partial charge < -0.3 is 13.5 Å². The number of furan rings is 1. The van der Waals surface area contributed by atoms with E-state index >= 15 is 0 Å². The van der Waals surface area contributed by atoms with Gasteiger partial charge in [0.05, 0.1) is 19.1 Å². The standard InChI is InChI=1S/C20H27NO5S/c1-3-4-5-6-12-20(22)21(16-19-11-8-13-25-19)15-17-9-7-10-18(14-17)26-27(2,23)24/h7-11,13-14H,3-6,12,15-16H2,1-2H3. The van der Waals surface area contributed by atoms with Gasteiger partial charge in [-0.3, -0.25) is 4.79 Å². The highest BCUT2D eigenvalue weighted by molar-refractivity contribution is 7.86. The average Bonchev–Trinajstić information content (AvgIpc) is 3.10. The molecule has 0 bridgehead atoms. The van der Waals surface area contributed by atoms with E-state index in [0.717, 1.165) is 37.5 Å². The zero-order valence-corrected chi connectivity index (χ0v) is 16.7. The van der Waals surface area contributed by atoms with Crippen LogP contribution in [0.5, 0.6) is 5.75 Å². The second-order valence-electron chi connectivity index (χ2n) is 6.57. The summed E-state index contributed by atoms with van der Waals surface area (Å²) in [7, 11) is -3.59. The summed E-state index contributed by atoms with van der Waals surface area (Å²) in [6.45, 7) is 2.86. The van der Waals surface area contributed by atoms with Gasteiger partial charge in [-0.2, -0.15) is 8.42 Å². The molecule has 0 unspecified atom stereocenters. The minimum atomic E-state index is -3.59. The maximum Gasteiger partial charge on any atom is 0.306 e. The van der Waals surface area contributed by atoms with E-state index in [9.17, 15) is 13.2 Å². The molecule has 0 atom stereocenters. The molecule has 0 radical (unpaired) electrons. The predicted molar refractivity (Wildman–Crippen MR) is 104 cm³/mol. The fraction of sp³-hybridized carbons (Fsp3) is 0.450. The molecule has 0 N–H and O–H groups in total. The summed E-state index contributed by atoms with van der Waals surface area (Å²) in [5.41, 5.74) is 0.796. The van der Waals surface area contributed by atoms with Crippen LogP contribution in [0.15, 0.2) is 47.1 Å². The Bertz CT molecular complexity index is 815. The molecule has 0 aliphatic carbocycles. The summed E-state index contributed by atoms with van der Waals surface area (Å²) in [5, 5.41) is 0. The molecule has 0 spiro atoms. The Morgan fingerprint density at radius 3 is 2.59 bits per heavy atom. The zero-order valence-electron chi connectivity index (χ0n) is 15.9. The number of amides is 1. The van der Waals surface area contributed by atoms with Crippen molar-refractivity contribution in [2.24, 2.45) is 0 Å². The third kappa shape index (κ3) is 7.86. The van der Waals surface area contributed by atoms with Crippen LogP contribution in [0, 0.1) is 0 Å². The van der Waals surface area contributed by atoms with Gasteiger partial charge in [0.1, 0.15) is 11.5 Å². The topological polar surface area (TPSA) is 76.8 Å². The molecule has 2 rings (SSSR count). The normalized spacial score (nSPS) is 11.3. The van der Waals surface area contributed by atoms with Crippen molar-refractivity contribution in [3.8, 4) is 5.75 Å². The number of hydrogen-bond donors (Lipinski definition) is 0. The number of unbranched alkanes of at least 4 members (excludes halogenated alkanes) is 3. The fourth-order valence-electron chi connectivity index (χ4n) is 2.77. The lowest BCUT2D eigenvalue weighted by molar-refractivity contribution is -0.132. The van der Waals surface area contributed by atoms with Crippen LogP contribution in [0.25, 0.3) is 0 Å². The molecule has 0 saturated heterocycles. The van der Waals surface area contributed by atoms with Crippen LogP contribution in [-0.2, 0) is 28.0 Å². The second-order valence-corrected chi connectivity index (χ2v) is 8.15. The molecular formula is C20H27NO5S. The van der Waals surface area contributed by atoms with Gasteiger partial charge in [0.2, 0.25) is 5.91 Å². The van der Waals surface area contributed by atoms with Gasteiger partial charge in [-0.15, -0.1) is 0 Å². The first kappa shape index (κ1) is 21.0. The van der Waals surface area contributed by atoms with Crippen molar-refractivity contribution < 1.29 is 21.8 Å². The summed E-state index contributed by atoms with van der Waals surface area (Å²) >= 11 is 0. The SMILES string of the molecule is CCCCCCC(=O)N(Cc1cccc(OS(C)(=O)=O)c1)Cc1ccco1. The molecule has 148 valence electrons. The molecular weight excluding hydrogens is 366 g/mol. The fourth-order valence-corrected chi connectivity index (χ4v) is 3.23. The first-order valence-electron chi connectivity index (χ1n) is 9.16. The van der Waals surface area contributed by atoms with Gasteiger partial charge in [0, 0.05) is 13.0 Å². The Morgan fingerprint density at radius 2 is 1.93 bits per heavy atom. The van der Waals surface area contributed by atoms with E-state index in [0.29, 0.717) is 25.3 Å². The quantitative estimate of drug-likeness (QED) is 0.424. The monoisotopic (exact) mass is 393 g/mol. The van der Waals surface area contributed by atoms with Crippen LogP contribution >= 0.6 is 0 Å². The van der Waals surface area contributed by atoms with Crippen molar-refractivity contribution in [3.63, 3.8) is 0 Å². The van der Waals surface area contributed by atoms with Crippen molar-refractivity contribution in [3.05, 3.63) is 54.0 Å². The van der Waals surface area contributed by atoms with Crippen LogP contribution in [0.1, 0.15) is 50.4 Å². The highest BCUT2D eigenvalue weighted by Gasteiger charge is 2.16. The molecule has 0 aliphatic rings. The largest absolute Gasteiger partial charge is 0.467 e. The third-order valence-corrected chi connectivity index (χ3v) is 4.54. The molecule has 0 fully saturated rings. The average molecular weight is 394 g/mol. The molecule has 27 heavy (non-hydrogen) atoms. The van der Waals surface area contributed by atoms with E-state index in [1.807, 2.05) is 12.1 Å². The number of benzene rings is 1. The highest BCUT2D eigenvalue weighted by atomic mass is 32.2. The summed E-state index contributed by atoms with van der Waals surface area (Å²) in [5.74, 6) is 1.00. The van der Waals surface area contributed by atoms with Gasteiger partial charge in [0.15, 0.2) is 0 Å². The molecule has 7 heteroatoms. The molecule has 2 aromatic rings. The summed E-state index contributed by atoms with van der Waals surface area (Å²) in [6.07, 6.45) is 7.21. The number of hydrogen-bond acceptors (Lipinski definition) is 5. The zero-order chi connectivity index (χ0) is 19.7. The molecule has 1 heterocycles. The second kappa shape index (κ2) is 10.2. The van der Waals surface area contributed by atoms with Gasteiger partial charge >= 0.3 is 10.1 Å². The molecule has 0 saturated carbocycles. The predicted octanol–water partition coefficient (Wildman–Crippen LogP) is 4.12. The van der Waals surface area contributed by atoms with Crippen molar-refractivity contribution in [1.82, 2.24) is 4.90 Å². The lowest BCUT2D eigenvalue weighted by atomic mass is 10.1. The van der Waals surface area contributed by atoms with E-state index in [1.54, 1.807) is 35.4 Å².